The van der Waals surface area contributed by atoms with E-state index in [4.69, 9.17) is 0 Å². The van der Waals surface area contributed by atoms with E-state index in [1.165, 1.54) is 34.4 Å². The molecule has 2 aliphatic heterocycles. The van der Waals surface area contributed by atoms with E-state index < -0.39 is 16.6 Å². The minimum absolute atomic E-state index is 0.0869. The Bertz CT molecular complexity index is 975. The Labute approximate surface area is 184 Å². The van der Waals surface area contributed by atoms with Gasteiger partial charge in [-0.2, -0.15) is 0 Å². The first-order valence-electron chi connectivity index (χ1n) is 12.0. The summed E-state index contributed by atoms with van der Waals surface area (Å²) >= 11 is 0. The van der Waals surface area contributed by atoms with Gasteiger partial charge in [-0.25, -0.2) is 4.79 Å². The monoisotopic (exact) mass is 423 g/mol. The third-order valence-corrected chi connectivity index (χ3v) is 9.13. The van der Waals surface area contributed by atoms with Crippen LogP contribution in [-0.4, -0.2) is 63.7 Å². The fraction of sp³-hybridized carbons (Fsp3) is 0.680. The van der Waals surface area contributed by atoms with Gasteiger partial charge in [0.2, 0.25) is 0 Å². The zero-order valence-electron chi connectivity index (χ0n) is 18.6. The molecule has 2 saturated carbocycles. The summed E-state index contributed by atoms with van der Waals surface area (Å²) in [6.45, 7) is 6.36. The lowest BCUT2D eigenvalue weighted by atomic mass is 9.46. The van der Waals surface area contributed by atoms with E-state index in [2.05, 4.69) is 35.3 Å². The quantitative estimate of drug-likeness (QED) is 0.733. The highest BCUT2D eigenvalue weighted by atomic mass is 16.3. The molecule has 4 atom stereocenters. The van der Waals surface area contributed by atoms with Crippen LogP contribution < -0.4 is 5.32 Å². The third kappa shape index (κ3) is 2.52. The number of hydrogen-bond donors (Lipinski definition) is 2. The van der Waals surface area contributed by atoms with Gasteiger partial charge >= 0.3 is 6.03 Å². The highest BCUT2D eigenvalue weighted by Gasteiger charge is 2.70. The maximum atomic E-state index is 13.4. The largest absolute Gasteiger partial charge is 0.387 e. The second-order valence-corrected chi connectivity index (χ2v) is 10.8. The first-order valence-corrected chi connectivity index (χ1v) is 12.0. The average Bonchev–Trinajstić information content (AvgIpc) is 3.52. The van der Waals surface area contributed by atoms with E-state index in [1.807, 2.05) is 6.92 Å². The third-order valence-electron chi connectivity index (χ3n) is 9.13. The fourth-order valence-electron chi connectivity index (χ4n) is 7.37. The number of urea groups is 1. The van der Waals surface area contributed by atoms with Crippen LogP contribution in [0.4, 0.5) is 4.79 Å². The molecule has 6 nitrogen and oxygen atoms in total. The number of piperidine rings is 1. The number of imide groups is 1. The number of carbonyl (C=O) groups excluding carboxylic acids is 2. The number of likely N-dealkylation sites (N-methyl/N-ethyl adjacent to an activating group) is 1. The van der Waals surface area contributed by atoms with Crippen molar-refractivity contribution in [3.8, 4) is 0 Å². The smallest absolute Gasteiger partial charge is 0.325 e. The predicted octanol–water partition coefficient (Wildman–Crippen LogP) is 2.50. The van der Waals surface area contributed by atoms with Crippen LogP contribution in [0.15, 0.2) is 18.2 Å². The SMILES string of the molecule is CCN1C(=O)N[C@]2(CC[C@@]3(O)[C@H]4Cc5ccc(C)cc5[C@@]3(CCN4CC3CC3)C2)C1=O. The Kier molecular flexibility index (Phi) is 4.02. The van der Waals surface area contributed by atoms with Crippen molar-refractivity contribution in [1.82, 2.24) is 15.1 Å². The molecule has 1 aromatic rings. The van der Waals surface area contributed by atoms with Gasteiger partial charge in [0.05, 0.1) is 5.60 Å². The van der Waals surface area contributed by atoms with Crippen molar-refractivity contribution in [2.24, 2.45) is 5.92 Å². The van der Waals surface area contributed by atoms with Crippen LogP contribution in [-0.2, 0) is 16.6 Å². The fourth-order valence-corrected chi connectivity index (χ4v) is 7.37. The Morgan fingerprint density at radius 2 is 2.00 bits per heavy atom. The molecule has 0 unspecified atom stereocenters. The Morgan fingerprint density at radius 1 is 1.19 bits per heavy atom. The number of likely N-dealkylation sites (tertiary alicyclic amines) is 1. The van der Waals surface area contributed by atoms with Gasteiger partial charge in [0.1, 0.15) is 5.54 Å². The lowest BCUT2D eigenvalue weighted by molar-refractivity contribution is -0.181. The first-order chi connectivity index (χ1) is 14.8. The molecule has 3 amide bonds. The van der Waals surface area contributed by atoms with Gasteiger partial charge in [0.25, 0.3) is 5.91 Å². The highest BCUT2D eigenvalue weighted by molar-refractivity contribution is 6.07. The number of rotatable bonds is 3. The van der Waals surface area contributed by atoms with E-state index in [-0.39, 0.29) is 18.0 Å². The molecule has 6 rings (SSSR count). The van der Waals surface area contributed by atoms with Crippen LogP contribution in [0.5, 0.6) is 0 Å². The summed E-state index contributed by atoms with van der Waals surface area (Å²) in [5, 5.41) is 15.5. The lowest BCUT2D eigenvalue weighted by Crippen LogP contribution is -2.76. The second kappa shape index (κ2) is 6.32. The van der Waals surface area contributed by atoms with E-state index in [0.717, 1.165) is 31.8 Å². The van der Waals surface area contributed by atoms with Gasteiger partial charge in [-0.1, -0.05) is 23.8 Å². The van der Waals surface area contributed by atoms with Crippen LogP contribution in [0.1, 0.15) is 62.1 Å². The Hall–Kier alpha value is -1.92. The van der Waals surface area contributed by atoms with Crippen molar-refractivity contribution in [1.29, 1.82) is 0 Å². The van der Waals surface area contributed by atoms with Crippen molar-refractivity contribution in [2.75, 3.05) is 19.6 Å². The molecule has 6 heteroatoms. The number of carbonyl (C=O) groups is 2. The summed E-state index contributed by atoms with van der Waals surface area (Å²) in [5.41, 5.74) is 1.46. The number of hydrogen-bond acceptors (Lipinski definition) is 4. The highest BCUT2D eigenvalue weighted by Crippen LogP contribution is 2.61. The summed E-state index contributed by atoms with van der Waals surface area (Å²) in [6, 6.07) is 6.45. The molecule has 1 spiro atoms. The van der Waals surface area contributed by atoms with Gasteiger partial charge in [0, 0.05) is 24.5 Å². The number of amides is 3. The van der Waals surface area contributed by atoms with E-state index >= 15 is 0 Å². The summed E-state index contributed by atoms with van der Waals surface area (Å²) in [7, 11) is 0. The van der Waals surface area contributed by atoms with Crippen molar-refractivity contribution in [2.45, 2.75) is 81.4 Å². The molecule has 31 heavy (non-hydrogen) atoms. The molecule has 4 fully saturated rings. The molecular formula is C25H33N3O3. The average molecular weight is 424 g/mol. The topological polar surface area (TPSA) is 72.9 Å². The second-order valence-electron chi connectivity index (χ2n) is 10.8. The minimum Gasteiger partial charge on any atom is -0.387 e. The maximum absolute atomic E-state index is 13.4. The van der Waals surface area contributed by atoms with Crippen LogP contribution >= 0.6 is 0 Å². The molecule has 5 aliphatic rings. The van der Waals surface area contributed by atoms with Crippen molar-refractivity contribution in [3.63, 3.8) is 0 Å². The molecule has 2 N–H and O–H groups in total. The van der Waals surface area contributed by atoms with Gasteiger partial charge in [-0.15, -0.1) is 0 Å². The van der Waals surface area contributed by atoms with Crippen molar-refractivity contribution in [3.05, 3.63) is 34.9 Å². The molecule has 2 bridgehead atoms. The lowest BCUT2D eigenvalue weighted by Gasteiger charge is -2.66. The minimum atomic E-state index is -0.888. The van der Waals surface area contributed by atoms with E-state index in [1.54, 1.807) is 0 Å². The molecule has 3 aliphatic carbocycles. The van der Waals surface area contributed by atoms with Crippen LogP contribution in [0, 0.1) is 12.8 Å². The van der Waals surface area contributed by atoms with Gasteiger partial charge in [-0.05, 0) is 82.4 Å². The van der Waals surface area contributed by atoms with Crippen molar-refractivity contribution >= 4 is 11.9 Å². The number of nitrogens with one attached hydrogen (secondary N) is 1. The summed E-state index contributed by atoms with van der Waals surface area (Å²) in [5.74, 6) is 0.674. The number of aliphatic hydroxyl groups is 1. The maximum Gasteiger partial charge on any atom is 0.325 e. The van der Waals surface area contributed by atoms with Crippen LogP contribution in [0.25, 0.3) is 0 Å². The summed E-state index contributed by atoms with van der Waals surface area (Å²) in [6.07, 6.45) is 5.88. The number of fused-ring (bicyclic) bond motifs is 1. The van der Waals surface area contributed by atoms with Gasteiger partial charge < -0.3 is 10.4 Å². The number of aryl methyl sites for hydroxylation is 1. The summed E-state index contributed by atoms with van der Waals surface area (Å²) in [4.78, 5) is 29.9. The molecule has 0 aromatic heterocycles. The zero-order chi connectivity index (χ0) is 21.6. The van der Waals surface area contributed by atoms with Crippen molar-refractivity contribution < 1.29 is 14.7 Å². The van der Waals surface area contributed by atoms with Crippen LogP contribution in [0.3, 0.4) is 0 Å². The molecule has 2 saturated heterocycles. The Morgan fingerprint density at radius 3 is 2.71 bits per heavy atom. The normalized spacial score (nSPS) is 39.5. The van der Waals surface area contributed by atoms with E-state index in [9.17, 15) is 14.7 Å². The first kappa shape index (κ1) is 19.7. The molecular weight excluding hydrogens is 390 g/mol. The number of benzene rings is 1. The standard InChI is InChI=1S/C25H33N3O3/c1-3-28-21(29)24(26-22(28)30)8-9-25(31)20-13-18-7-4-16(2)12-19(18)23(25,15-24)10-11-27(20)14-17-5-6-17/h4,7,12,17,20,31H,3,5-6,8-11,13-15H2,1-2H3,(H,26,30)/t20-,23-,24+,25-/m1/s1. The molecule has 0 radical (unpaired) electrons. The molecule has 2 heterocycles. The Balaban J connectivity index is 1.48. The number of nitrogens with zero attached hydrogens (tertiary/aromatic N) is 2. The van der Waals surface area contributed by atoms with Gasteiger partial charge in [0.15, 0.2) is 0 Å². The zero-order valence-corrected chi connectivity index (χ0v) is 18.6. The van der Waals surface area contributed by atoms with E-state index in [0.29, 0.717) is 25.8 Å². The predicted molar refractivity (Wildman–Crippen MR) is 117 cm³/mol. The van der Waals surface area contributed by atoms with Gasteiger partial charge in [-0.3, -0.25) is 14.6 Å². The molecule has 166 valence electrons. The van der Waals surface area contributed by atoms with Crippen LogP contribution in [0.2, 0.25) is 0 Å². The summed E-state index contributed by atoms with van der Waals surface area (Å²) < 4.78 is 0. The molecule has 1 aromatic carbocycles.